The third kappa shape index (κ3) is 5.04. The molecule has 0 aliphatic carbocycles. The highest BCUT2D eigenvalue weighted by atomic mass is 19.1. The Bertz CT molecular complexity index is 723. The van der Waals surface area contributed by atoms with Crippen molar-refractivity contribution in [2.45, 2.75) is 26.7 Å². The minimum absolute atomic E-state index is 0.0309. The molecule has 24 heavy (non-hydrogen) atoms. The quantitative estimate of drug-likeness (QED) is 0.353. The molecule has 2 aromatic carbocycles. The van der Waals surface area contributed by atoms with Gasteiger partial charge in [0.15, 0.2) is 5.78 Å². The second-order valence-electron chi connectivity index (χ2n) is 6.18. The van der Waals surface area contributed by atoms with Gasteiger partial charge in [0.2, 0.25) is 0 Å². The Hall–Kier alpha value is -2.44. The number of halogens is 1. The number of rotatable bonds is 7. The maximum absolute atomic E-state index is 13.0. The van der Waals surface area contributed by atoms with Gasteiger partial charge in [-0.25, -0.2) is 0 Å². The highest BCUT2D eigenvalue weighted by Gasteiger charge is 2.14. The molecule has 1 nitrogen and oxygen atoms in total. The monoisotopic (exact) mass is 322 g/mol. The maximum atomic E-state index is 13.0. The molecule has 2 heteroatoms. The van der Waals surface area contributed by atoms with Gasteiger partial charge in [-0.1, -0.05) is 74.5 Å². The van der Waals surface area contributed by atoms with Crippen molar-refractivity contribution in [2.75, 3.05) is 6.67 Å². The summed E-state index contributed by atoms with van der Waals surface area (Å²) < 4.78 is 13.0. The molecule has 0 spiro atoms. The number of hydrogen-bond donors (Lipinski definition) is 0. The molecular formula is C22H23FO. The van der Waals surface area contributed by atoms with Crippen molar-refractivity contribution in [2.24, 2.45) is 5.92 Å². The Labute approximate surface area is 143 Å². The highest BCUT2D eigenvalue weighted by molar-refractivity contribution is 6.09. The smallest absolute Gasteiger partial charge is 0.196 e. The summed E-state index contributed by atoms with van der Waals surface area (Å²) >= 11 is 0. The van der Waals surface area contributed by atoms with E-state index in [0.29, 0.717) is 23.5 Å². The Morgan fingerprint density at radius 1 is 0.958 bits per heavy atom. The van der Waals surface area contributed by atoms with E-state index in [2.05, 4.69) is 19.6 Å². The number of carbonyl (C=O) groups is 1. The molecule has 2 aromatic rings. The molecule has 124 valence electrons. The summed E-state index contributed by atoms with van der Waals surface area (Å²) in [7, 11) is 0. The molecule has 0 saturated carbocycles. The Balaban J connectivity index is 2.54. The zero-order valence-corrected chi connectivity index (χ0v) is 14.3. The van der Waals surface area contributed by atoms with Crippen molar-refractivity contribution in [1.82, 2.24) is 0 Å². The lowest BCUT2D eigenvalue weighted by atomic mass is 9.94. The number of allylic oxidation sites excluding steroid dienone is 1. The molecule has 0 N–H and O–H groups in total. The fraction of sp³-hybridized carbons (Fsp3) is 0.273. The molecule has 0 bridgehead atoms. The van der Waals surface area contributed by atoms with E-state index in [4.69, 9.17) is 0 Å². The van der Waals surface area contributed by atoms with Crippen LogP contribution in [0.1, 0.15) is 42.6 Å². The summed E-state index contributed by atoms with van der Waals surface area (Å²) in [6.07, 6.45) is 0.879. The van der Waals surface area contributed by atoms with E-state index in [-0.39, 0.29) is 12.2 Å². The summed E-state index contributed by atoms with van der Waals surface area (Å²) in [5.74, 6) is 0.291. The first kappa shape index (κ1) is 17.9. The number of Topliss-reactive ketones (excluding diaryl/α,β-unsaturated/α-hetero) is 1. The Morgan fingerprint density at radius 2 is 1.50 bits per heavy atom. The molecule has 0 aliphatic heterocycles. The van der Waals surface area contributed by atoms with E-state index >= 15 is 0 Å². The Kier molecular flexibility index (Phi) is 6.72. The highest BCUT2D eigenvalue weighted by Crippen LogP contribution is 2.22. The maximum Gasteiger partial charge on any atom is 0.196 e. The summed E-state index contributed by atoms with van der Waals surface area (Å²) in [6, 6.07) is 18.8. The number of carbonyl (C=O) groups excluding carboxylic acids is 1. The van der Waals surface area contributed by atoms with Crippen molar-refractivity contribution in [3.05, 3.63) is 83.1 Å². The van der Waals surface area contributed by atoms with Crippen molar-refractivity contribution in [3.63, 3.8) is 0 Å². The third-order valence-corrected chi connectivity index (χ3v) is 3.69. The standard InChI is InChI=1S/C22H23FO/c1-17(2)15-21(22(24)19-11-7-4-8-12-19)16-20(13-14-23)18-9-5-3-6-10-18/h3-12,17H,13-15H2,1-2H3. The van der Waals surface area contributed by atoms with Crippen LogP contribution in [-0.4, -0.2) is 12.5 Å². The summed E-state index contributed by atoms with van der Waals surface area (Å²) in [5, 5.41) is 0. The van der Waals surface area contributed by atoms with Crippen molar-refractivity contribution >= 4 is 11.4 Å². The van der Waals surface area contributed by atoms with Crippen LogP contribution in [0.5, 0.6) is 0 Å². The molecule has 0 radical (unpaired) electrons. The molecule has 2 rings (SSSR count). The van der Waals surface area contributed by atoms with Gasteiger partial charge < -0.3 is 0 Å². The number of ketones is 1. The van der Waals surface area contributed by atoms with E-state index in [9.17, 15) is 9.18 Å². The van der Waals surface area contributed by atoms with Gasteiger partial charge in [-0.3, -0.25) is 9.18 Å². The van der Waals surface area contributed by atoms with Gasteiger partial charge in [0, 0.05) is 23.1 Å². The number of alkyl halides is 1. The van der Waals surface area contributed by atoms with Crippen LogP contribution in [0.3, 0.4) is 0 Å². The van der Waals surface area contributed by atoms with Crippen molar-refractivity contribution in [3.8, 4) is 0 Å². The van der Waals surface area contributed by atoms with Gasteiger partial charge in [-0.15, -0.1) is 5.73 Å². The molecule has 0 aromatic heterocycles. The van der Waals surface area contributed by atoms with Crippen molar-refractivity contribution < 1.29 is 9.18 Å². The first-order valence-corrected chi connectivity index (χ1v) is 8.31. The first-order valence-electron chi connectivity index (χ1n) is 8.31. The van der Waals surface area contributed by atoms with Crippen LogP contribution in [0, 0.1) is 5.92 Å². The van der Waals surface area contributed by atoms with Gasteiger partial charge in [0.1, 0.15) is 0 Å². The fourth-order valence-corrected chi connectivity index (χ4v) is 2.57. The first-order chi connectivity index (χ1) is 11.6. The zero-order valence-electron chi connectivity index (χ0n) is 14.3. The van der Waals surface area contributed by atoms with E-state index in [0.717, 1.165) is 11.1 Å². The minimum Gasteiger partial charge on any atom is -0.288 e. The van der Waals surface area contributed by atoms with E-state index in [1.54, 1.807) is 0 Å². The fourth-order valence-electron chi connectivity index (χ4n) is 2.57. The molecule has 0 atom stereocenters. The Morgan fingerprint density at radius 3 is 2.00 bits per heavy atom. The van der Waals surface area contributed by atoms with Gasteiger partial charge in [0.25, 0.3) is 0 Å². The van der Waals surface area contributed by atoms with E-state index < -0.39 is 6.67 Å². The molecular weight excluding hydrogens is 299 g/mol. The molecule has 0 aliphatic rings. The largest absolute Gasteiger partial charge is 0.288 e. The second-order valence-corrected chi connectivity index (χ2v) is 6.18. The van der Waals surface area contributed by atoms with Gasteiger partial charge in [0.05, 0.1) is 6.67 Å². The predicted molar refractivity (Wildman–Crippen MR) is 97.7 cm³/mol. The average Bonchev–Trinajstić information content (AvgIpc) is 2.61. The third-order valence-electron chi connectivity index (χ3n) is 3.69. The topological polar surface area (TPSA) is 17.1 Å². The SMILES string of the molecule is CC(C)CC(=C=C(CCF)c1ccccc1)C(=O)c1ccccc1. The summed E-state index contributed by atoms with van der Waals surface area (Å²) in [5.41, 5.74) is 6.17. The zero-order chi connectivity index (χ0) is 17.4. The van der Waals surface area contributed by atoms with Gasteiger partial charge in [-0.05, 0) is 17.9 Å². The predicted octanol–water partition coefficient (Wildman–Crippen LogP) is 5.88. The number of benzene rings is 2. The summed E-state index contributed by atoms with van der Waals surface area (Å²) in [6.45, 7) is 3.67. The van der Waals surface area contributed by atoms with Crippen LogP contribution in [0.25, 0.3) is 5.57 Å². The van der Waals surface area contributed by atoms with E-state index in [1.165, 1.54) is 0 Å². The van der Waals surface area contributed by atoms with Crippen LogP contribution in [-0.2, 0) is 0 Å². The second kappa shape index (κ2) is 9.00. The van der Waals surface area contributed by atoms with Crippen molar-refractivity contribution in [1.29, 1.82) is 0 Å². The van der Waals surface area contributed by atoms with Crippen LogP contribution in [0.2, 0.25) is 0 Å². The lowest BCUT2D eigenvalue weighted by molar-refractivity contribution is 0.102. The molecule has 0 saturated heterocycles. The van der Waals surface area contributed by atoms with Gasteiger partial charge >= 0.3 is 0 Å². The molecule has 0 fully saturated rings. The number of hydrogen-bond acceptors (Lipinski definition) is 1. The lowest BCUT2D eigenvalue weighted by Crippen LogP contribution is -2.06. The normalized spacial score (nSPS) is 10.3. The van der Waals surface area contributed by atoms with Crippen LogP contribution in [0.15, 0.2) is 72.0 Å². The lowest BCUT2D eigenvalue weighted by Gasteiger charge is -2.09. The van der Waals surface area contributed by atoms with Crippen LogP contribution >= 0.6 is 0 Å². The van der Waals surface area contributed by atoms with Gasteiger partial charge in [-0.2, -0.15) is 0 Å². The van der Waals surface area contributed by atoms with Crippen LogP contribution in [0.4, 0.5) is 4.39 Å². The summed E-state index contributed by atoms with van der Waals surface area (Å²) in [4.78, 5) is 12.8. The van der Waals surface area contributed by atoms with Crippen LogP contribution < -0.4 is 0 Å². The molecule has 0 unspecified atom stereocenters. The minimum atomic E-state index is -0.467. The molecule has 0 amide bonds. The molecule has 0 heterocycles. The van der Waals surface area contributed by atoms with E-state index in [1.807, 2.05) is 60.7 Å². The average molecular weight is 322 g/mol.